The molecule has 4 aromatic rings. The van der Waals surface area contributed by atoms with Crippen LogP contribution >= 0.6 is 0 Å². The summed E-state index contributed by atoms with van der Waals surface area (Å²) in [5.41, 5.74) is 3.86. The van der Waals surface area contributed by atoms with Crippen molar-refractivity contribution in [1.29, 1.82) is 0 Å². The Kier molecular flexibility index (Phi) is 7.32. The van der Waals surface area contributed by atoms with E-state index in [2.05, 4.69) is 22.5 Å². The molecule has 4 rings (SSSR count). The lowest BCUT2D eigenvalue weighted by molar-refractivity contribution is 0.0948. The molecule has 5 nitrogen and oxygen atoms in total. The molecule has 0 unspecified atom stereocenters. The number of benzene rings is 3. The Morgan fingerprint density at radius 2 is 1.41 bits per heavy atom. The molecule has 0 saturated carbocycles. The summed E-state index contributed by atoms with van der Waals surface area (Å²) in [5, 5.41) is 7.56. The number of carbonyl (C=O) groups is 1. The molecule has 5 heteroatoms. The van der Waals surface area contributed by atoms with E-state index in [1.807, 2.05) is 78.9 Å². The minimum Gasteiger partial charge on any atom is -0.471 e. The zero-order valence-electron chi connectivity index (χ0n) is 18.0. The van der Waals surface area contributed by atoms with Gasteiger partial charge in [0.1, 0.15) is 12.2 Å². The van der Waals surface area contributed by atoms with Crippen LogP contribution in [0.1, 0.15) is 33.5 Å². The van der Waals surface area contributed by atoms with Crippen molar-refractivity contribution >= 4 is 5.91 Å². The Balaban J connectivity index is 1.42. The number of nitrogens with zero attached hydrogens (tertiary/aromatic N) is 2. The topological polar surface area (TPSA) is 56.2 Å². The largest absolute Gasteiger partial charge is 0.471 e. The number of aryl methyl sites for hydroxylation is 1. The number of hydrogen-bond acceptors (Lipinski definition) is 3. The third kappa shape index (κ3) is 6.08. The molecule has 32 heavy (non-hydrogen) atoms. The van der Waals surface area contributed by atoms with E-state index in [4.69, 9.17) is 4.74 Å². The number of hydrogen-bond donors (Lipinski definition) is 1. The minimum atomic E-state index is -0.166. The molecular weight excluding hydrogens is 398 g/mol. The summed E-state index contributed by atoms with van der Waals surface area (Å²) in [7, 11) is 0. The maximum absolute atomic E-state index is 12.9. The summed E-state index contributed by atoms with van der Waals surface area (Å²) < 4.78 is 7.70. The standard InChI is InChI=1S/C27H27N3O2/c31-26(28-18-10-17-22-11-4-1-5-12-22)25-20-30(19-23-13-6-2-7-14-23)29-27(25)32-21-24-15-8-3-9-16-24/h1-9,11-16,20H,10,17-19,21H2,(H,28,31). The summed E-state index contributed by atoms with van der Waals surface area (Å²) in [5.74, 6) is 0.186. The van der Waals surface area contributed by atoms with Gasteiger partial charge in [-0.3, -0.25) is 9.48 Å². The molecule has 0 spiro atoms. The predicted molar refractivity (Wildman–Crippen MR) is 126 cm³/mol. The Hall–Kier alpha value is -3.86. The van der Waals surface area contributed by atoms with Crippen molar-refractivity contribution in [2.75, 3.05) is 6.54 Å². The second kappa shape index (κ2) is 11.0. The molecule has 0 fully saturated rings. The number of rotatable bonds is 10. The van der Waals surface area contributed by atoms with Gasteiger partial charge in [0.25, 0.3) is 5.91 Å². The number of amides is 1. The summed E-state index contributed by atoms with van der Waals surface area (Å²) in [6.45, 7) is 1.52. The Morgan fingerprint density at radius 3 is 2.06 bits per heavy atom. The van der Waals surface area contributed by atoms with Crippen LogP contribution in [0.25, 0.3) is 0 Å². The van der Waals surface area contributed by atoms with E-state index < -0.39 is 0 Å². The molecular formula is C27H27N3O2. The normalized spacial score (nSPS) is 10.6. The summed E-state index contributed by atoms with van der Waals surface area (Å²) in [6.07, 6.45) is 3.56. The molecule has 3 aromatic carbocycles. The van der Waals surface area contributed by atoms with Gasteiger partial charge in [-0.15, -0.1) is 5.10 Å². The zero-order chi connectivity index (χ0) is 22.0. The highest BCUT2D eigenvalue weighted by Gasteiger charge is 2.18. The molecule has 0 aliphatic rings. The summed E-state index contributed by atoms with van der Waals surface area (Å²) >= 11 is 0. The van der Waals surface area contributed by atoms with Crippen LogP contribution in [0.2, 0.25) is 0 Å². The van der Waals surface area contributed by atoms with E-state index in [0.717, 1.165) is 24.0 Å². The average molecular weight is 426 g/mol. The average Bonchev–Trinajstić information content (AvgIpc) is 3.25. The third-order valence-electron chi connectivity index (χ3n) is 5.15. The van der Waals surface area contributed by atoms with Crippen molar-refractivity contribution in [2.24, 2.45) is 0 Å². The van der Waals surface area contributed by atoms with Crippen molar-refractivity contribution < 1.29 is 9.53 Å². The van der Waals surface area contributed by atoms with Crippen LogP contribution < -0.4 is 10.1 Å². The quantitative estimate of drug-likeness (QED) is 0.369. The van der Waals surface area contributed by atoms with E-state index >= 15 is 0 Å². The van der Waals surface area contributed by atoms with Gasteiger partial charge in [0.2, 0.25) is 5.88 Å². The number of ether oxygens (including phenoxy) is 1. The molecule has 1 heterocycles. The van der Waals surface area contributed by atoms with Crippen LogP contribution in [0.15, 0.2) is 97.2 Å². The van der Waals surface area contributed by atoms with Crippen LogP contribution in [-0.4, -0.2) is 22.2 Å². The van der Waals surface area contributed by atoms with E-state index in [0.29, 0.717) is 31.1 Å². The van der Waals surface area contributed by atoms with Gasteiger partial charge >= 0.3 is 0 Å². The number of aromatic nitrogens is 2. The second-order valence-corrected chi connectivity index (χ2v) is 7.65. The first-order chi connectivity index (χ1) is 15.8. The Bertz CT molecular complexity index is 1110. The molecule has 0 saturated heterocycles. The highest BCUT2D eigenvalue weighted by Crippen LogP contribution is 2.19. The molecule has 162 valence electrons. The van der Waals surface area contributed by atoms with E-state index in [1.165, 1.54) is 5.56 Å². The minimum absolute atomic E-state index is 0.166. The fourth-order valence-electron chi connectivity index (χ4n) is 3.48. The maximum Gasteiger partial charge on any atom is 0.258 e. The van der Waals surface area contributed by atoms with E-state index in [9.17, 15) is 4.79 Å². The third-order valence-corrected chi connectivity index (χ3v) is 5.15. The first-order valence-corrected chi connectivity index (χ1v) is 10.9. The Labute approximate surface area is 188 Å². The Morgan fingerprint density at radius 1 is 0.812 bits per heavy atom. The molecule has 1 amide bonds. The van der Waals surface area contributed by atoms with Crippen LogP contribution in [0.5, 0.6) is 5.88 Å². The molecule has 0 radical (unpaired) electrons. The van der Waals surface area contributed by atoms with Gasteiger partial charge in [-0.25, -0.2) is 0 Å². The number of nitrogens with one attached hydrogen (secondary N) is 1. The number of carbonyl (C=O) groups excluding carboxylic acids is 1. The lowest BCUT2D eigenvalue weighted by Crippen LogP contribution is -2.25. The first-order valence-electron chi connectivity index (χ1n) is 10.9. The van der Waals surface area contributed by atoms with Crippen molar-refractivity contribution in [3.8, 4) is 5.88 Å². The SMILES string of the molecule is O=C(NCCCc1ccccc1)c1cn(Cc2ccccc2)nc1OCc1ccccc1. The van der Waals surface area contributed by atoms with Gasteiger partial charge in [0.05, 0.1) is 6.54 Å². The first kappa shape index (κ1) is 21.4. The zero-order valence-corrected chi connectivity index (χ0v) is 18.0. The van der Waals surface area contributed by atoms with Crippen molar-refractivity contribution in [2.45, 2.75) is 26.0 Å². The van der Waals surface area contributed by atoms with Gasteiger partial charge < -0.3 is 10.1 Å². The van der Waals surface area contributed by atoms with Crippen molar-refractivity contribution in [3.63, 3.8) is 0 Å². The monoisotopic (exact) mass is 425 g/mol. The molecule has 1 aromatic heterocycles. The van der Waals surface area contributed by atoms with Crippen LogP contribution in [0.4, 0.5) is 0 Å². The highest BCUT2D eigenvalue weighted by atomic mass is 16.5. The van der Waals surface area contributed by atoms with E-state index in [-0.39, 0.29) is 5.91 Å². The molecule has 0 atom stereocenters. The van der Waals surface area contributed by atoms with Gasteiger partial charge in [0, 0.05) is 12.7 Å². The fraction of sp³-hybridized carbons (Fsp3) is 0.185. The maximum atomic E-state index is 12.9. The van der Waals surface area contributed by atoms with Crippen LogP contribution in [0.3, 0.4) is 0 Å². The molecule has 0 aliphatic heterocycles. The van der Waals surface area contributed by atoms with E-state index in [1.54, 1.807) is 10.9 Å². The molecule has 0 aliphatic carbocycles. The van der Waals surface area contributed by atoms with Gasteiger partial charge in [-0.05, 0) is 29.5 Å². The van der Waals surface area contributed by atoms with Gasteiger partial charge in [0.15, 0.2) is 0 Å². The second-order valence-electron chi connectivity index (χ2n) is 7.65. The van der Waals surface area contributed by atoms with Gasteiger partial charge in [-0.2, -0.15) is 0 Å². The fourth-order valence-corrected chi connectivity index (χ4v) is 3.48. The smallest absolute Gasteiger partial charge is 0.258 e. The summed E-state index contributed by atoms with van der Waals surface area (Å²) in [4.78, 5) is 12.9. The molecule has 0 bridgehead atoms. The van der Waals surface area contributed by atoms with Crippen LogP contribution in [-0.2, 0) is 19.6 Å². The van der Waals surface area contributed by atoms with Crippen LogP contribution in [0, 0.1) is 0 Å². The van der Waals surface area contributed by atoms with Crippen molar-refractivity contribution in [3.05, 3.63) is 119 Å². The lowest BCUT2D eigenvalue weighted by Gasteiger charge is -2.07. The van der Waals surface area contributed by atoms with Gasteiger partial charge in [-0.1, -0.05) is 91.0 Å². The highest BCUT2D eigenvalue weighted by molar-refractivity contribution is 5.96. The molecule has 1 N–H and O–H groups in total. The lowest BCUT2D eigenvalue weighted by atomic mass is 10.1. The predicted octanol–water partition coefficient (Wildman–Crippen LogP) is 4.87. The van der Waals surface area contributed by atoms with Crippen molar-refractivity contribution in [1.82, 2.24) is 15.1 Å². The summed E-state index contributed by atoms with van der Waals surface area (Å²) in [6, 6.07) is 30.2.